The summed E-state index contributed by atoms with van der Waals surface area (Å²) in [5, 5.41) is 9.60. The number of anilines is 3. The standard InChI is InChI=1S/C54H35NO/c1-2-13-37(14-3-1)45-18-8-10-22-50(45)55(42-31-27-36(28-32-42)40-30-33-44-41(35-40)26-25-38-15-4-6-17-43(38)44)51-23-11-9-20-47(51)48-21-12-24-52-53(48)49-34-29-39-16-5-7-19-46(39)54(49)56-52/h1-35H. The molecule has 1 aromatic heterocycles. The van der Waals surface area contributed by atoms with Crippen molar-refractivity contribution in [1.29, 1.82) is 0 Å². The van der Waals surface area contributed by atoms with Crippen molar-refractivity contribution in [3.63, 3.8) is 0 Å². The molecule has 0 N–H and O–H groups in total. The van der Waals surface area contributed by atoms with Crippen LogP contribution in [0.15, 0.2) is 217 Å². The zero-order valence-corrected chi connectivity index (χ0v) is 30.6. The van der Waals surface area contributed by atoms with Crippen LogP contribution in [-0.2, 0) is 0 Å². The lowest BCUT2D eigenvalue weighted by atomic mass is 9.95. The molecule has 0 atom stereocenters. The van der Waals surface area contributed by atoms with Crippen molar-refractivity contribution in [2.45, 2.75) is 0 Å². The summed E-state index contributed by atoms with van der Waals surface area (Å²) in [6.07, 6.45) is 0. The lowest BCUT2D eigenvalue weighted by Crippen LogP contribution is -2.12. The van der Waals surface area contributed by atoms with Crippen LogP contribution in [0, 0.1) is 0 Å². The van der Waals surface area contributed by atoms with Gasteiger partial charge in [0.25, 0.3) is 0 Å². The molecule has 0 aliphatic heterocycles. The molecule has 0 saturated carbocycles. The van der Waals surface area contributed by atoms with Crippen molar-refractivity contribution in [3.05, 3.63) is 212 Å². The summed E-state index contributed by atoms with van der Waals surface area (Å²) in [4.78, 5) is 2.42. The Bertz CT molecular complexity index is 3250. The molecular weight excluding hydrogens is 679 g/mol. The van der Waals surface area contributed by atoms with Crippen LogP contribution in [0.25, 0.3) is 87.6 Å². The number of nitrogens with zero attached hydrogens (tertiary/aromatic N) is 1. The van der Waals surface area contributed by atoms with Gasteiger partial charge in [-0.25, -0.2) is 0 Å². The fourth-order valence-electron chi connectivity index (χ4n) is 8.61. The van der Waals surface area contributed by atoms with Gasteiger partial charge in [-0.2, -0.15) is 0 Å². The molecule has 10 aromatic carbocycles. The van der Waals surface area contributed by atoms with Gasteiger partial charge in [0.05, 0.1) is 11.4 Å². The van der Waals surface area contributed by atoms with Gasteiger partial charge in [-0.3, -0.25) is 0 Å². The van der Waals surface area contributed by atoms with Crippen molar-refractivity contribution in [2.24, 2.45) is 0 Å². The second-order valence-electron chi connectivity index (χ2n) is 14.4. The minimum Gasteiger partial charge on any atom is -0.455 e. The number of benzene rings is 10. The average molecular weight is 714 g/mol. The molecule has 0 amide bonds. The second-order valence-corrected chi connectivity index (χ2v) is 14.4. The van der Waals surface area contributed by atoms with Crippen LogP contribution in [0.4, 0.5) is 17.1 Å². The Balaban J connectivity index is 1.10. The second kappa shape index (κ2) is 13.2. The maximum atomic E-state index is 6.66. The van der Waals surface area contributed by atoms with Gasteiger partial charge < -0.3 is 9.32 Å². The average Bonchev–Trinajstić information content (AvgIpc) is 3.67. The topological polar surface area (TPSA) is 16.4 Å². The maximum Gasteiger partial charge on any atom is 0.143 e. The molecule has 262 valence electrons. The zero-order valence-electron chi connectivity index (χ0n) is 30.6. The van der Waals surface area contributed by atoms with Crippen LogP contribution < -0.4 is 4.90 Å². The number of rotatable bonds is 6. The molecule has 0 aliphatic rings. The Morgan fingerprint density at radius 1 is 0.321 bits per heavy atom. The highest BCUT2D eigenvalue weighted by Crippen LogP contribution is 2.47. The molecule has 11 rings (SSSR count). The predicted octanol–water partition coefficient (Wildman–Crippen LogP) is 15.5. The van der Waals surface area contributed by atoms with E-state index in [0.29, 0.717) is 0 Å². The van der Waals surface area contributed by atoms with E-state index in [1.807, 2.05) is 0 Å². The first kappa shape index (κ1) is 32.0. The van der Waals surface area contributed by atoms with E-state index >= 15 is 0 Å². The SMILES string of the molecule is c1ccc(-c2ccccc2N(c2ccc(-c3ccc4c(ccc5ccccc54)c3)cc2)c2ccccc2-c2cccc3oc4c5ccccc5ccc4c23)cc1. The summed E-state index contributed by atoms with van der Waals surface area (Å²) < 4.78 is 6.66. The van der Waals surface area contributed by atoms with Gasteiger partial charge in [0.15, 0.2) is 0 Å². The summed E-state index contributed by atoms with van der Waals surface area (Å²) in [7, 11) is 0. The van der Waals surface area contributed by atoms with Gasteiger partial charge in [-0.1, -0.05) is 170 Å². The lowest BCUT2D eigenvalue weighted by molar-refractivity contribution is 0.673. The highest BCUT2D eigenvalue weighted by atomic mass is 16.3. The smallest absolute Gasteiger partial charge is 0.143 e. The molecule has 0 unspecified atom stereocenters. The molecule has 0 spiro atoms. The molecule has 0 bridgehead atoms. The van der Waals surface area contributed by atoms with Crippen molar-refractivity contribution in [2.75, 3.05) is 4.90 Å². The van der Waals surface area contributed by atoms with Crippen molar-refractivity contribution in [3.8, 4) is 33.4 Å². The number of para-hydroxylation sites is 2. The first-order chi connectivity index (χ1) is 27.8. The minimum absolute atomic E-state index is 0.882. The first-order valence-corrected chi connectivity index (χ1v) is 19.2. The molecule has 56 heavy (non-hydrogen) atoms. The Labute approximate surface area is 325 Å². The van der Waals surface area contributed by atoms with Crippen molar-refractivity contribution in [1.82, 2.24) is 0 Å². The number of furan rings is 1. The van der Waals surface area contributed by atoms with Gasteiger partial charge >= 0.3 is 0 Å². The molecule has 2 heteroatoms. The Morgan fingerprint density at radius 2 is 0.893 bits per heavy atom. The van der Waals surface area contributed by atoms with Crippen molar-refractivity contribution >= 4 is 71.3 Å². The van der Waals surface area contributed by atoms with Crippen LogP contribution in [0.3, 0.4) is 0 Å². The third-order valence-electron chi connectivity index (χ3n) is 11.3. The Kier molecular flexibility index (Phi) is 7.53. The molecule has 11 aromatic rings. The van der Waals surface area contributed by atoms with Crippen LogP contribution >= 0.6 is 0 Å². The van der Waals surface area contributed by atoms with Crippen LogP contribution in [0.2, 0.25) is 0 Å². The van der Waals surface area contributed by atoms with E-state index in [0.717, 1.165) is 61.1 Å². The fraction of sp³-hybridized carbons (Fsp3) is 0. The van der Waals surface area contributed by atoms with E-state index in [2.05, 4.69) is 217 Å². The largest absolute Gasteiger partial charge is 0.455 e. The summed E-state index contributed by atoms with van der Waals surface area (Å²) in [6.45, 7) is 0. The summed E-state index contributed by atoms with van der Waals surface area (Å²) in [6, 6.07) is 76.5. The molecule has 0 aliphatic carbocycles. The predicted molar refractivity (Wildman–Crippen MR) is 237 cm³/mol. The van der Waals surface area contributed by atoms with E-state index in [-0.39, 0.29) is 0 Å². The van der Waals surface area contributed by atoms with E-state index in [1.165, 1.54) is 43.6 Å². The molecule has 0 radical (unpaired) electrons. The Hall–Kier alpha value is -7.42. The van der Waals surface area contributed by atoms with Gasteiger partial charge in [0.1, 0.15) is 11.2 Å². The minimum atomic E-state index is 0.882. The van der Waals surface area contributed by atoms with Crippen LogP contribution in [-0.4, -0.2) is 0 Å². The number of hydrogen-bond acceptors (Lipinski definition) is 2. The third kappa shape index (κ3) is 5.26. The highest BCUT2D eigenvalue weighted by Gasteiger charge is 2.23. The normalized spacial score (nSPS) is 11.6. The summed E-state index contributed by atoms with van der Waals surface area (Å²) >= 11 is 0. The van der Waals surface area contributed by atoms with Gasteiger partial charge in [-0.15, -0.1) is 0 Å². The molecule has 0 saturated heterocycles. The molecule has 1 heterocycles. The van der Waals surface area contributed by atoms with E-state index in [4.69, 9.17) is 4.42 Å². The quantitative estimate of drug-likeness (QED) is 0.160. The van der Waals surface area contributed by atoms with Crippen LogP contribution in [0.5, 0.6) is 0 Å². The van der Waals surface area contributed by atoms with E-state index < -0.39 is 0 Å². The van der Waals surface area contributed by atoms with Gasteiger partial charge in [0, 0.05) is 33.0 Å². The monoisotopic (exact) mass is 713 g/mol. The van der Waals surface area contributed by atoms with Crippen molar-refractivity contribution < 1.29 is 4.42 Å². The summed E-state index contributed by atoms with van der Waals surface area (Å²) in [5.74, 6) is 0. The van der Waals surface area contributed by atoms with Gasteiger partial charge in [0.2, 0.25) is 0 Å². The number of fused-ring (bicyclic) bond motifs is 8. The zero-order chi connectivity index (χ0) is 37.0. The maximum absolute atomic E-state index is 6.66. The molecule has 2 nitrogen and oxygen atoms in total. The number of hydrogen-bond donors (Lipinski definition) is 0. The first-order valence-electron chi connectivity index (χ1n) is 19.2. The Morgan fingerprint density at radius 3 is 1.71 bits per heavy atom. The third-order valence-corrected chi connectivity index (χ3v) is 11.3. The lowest BCUT2D eigenvalue weighted by Gasteiger charge is -2.30. The van der Waals surface area contributed by atoms with Gasteiger partial charge in [-0.05, 0) is 91.6 Å². The fourth-order valence-corrected chi connectivity index (χ4v) is 8.61. The van der Waals surface area contributed by atoms with E-state index in [9.17, 15) is 0 Å². The van der Waals surface area contributed by atoms with E-state index in [1.54, 1.807) is 0 Å². The molecule has 0 fully saturated rings. The van der Waals surface area contributed by atoms with Crippen LogP contribution in [0.1, 0.15) is 0 Å². The molecular formula is C54H35NO. The highest BCUT2D eigenvalue weighted by molar-refractivity contribution is 6.20. The summed E-state index contributed by atoms with van der Waals surface area (Å²) in [5.41, 5.74) is 12.0.